The first-order valence-electron chi connectivity index (χ1n) is 4.10. The molecule has 0 bridgehead atoms. The quantitative estimate of drug-likeness (QED) is 0.754. The van der Waals surface area contributed by atoms with Crippen molar-refractivity contribution in [3.63, 3.8) is 0 Å². The van der Waals surface area contributed by atoms with Crippen LogP contribution in [-0.4, -0.2) is 16.7 Å². The Morgan fingerprint density at radius 2 is 2.00 bits per heavy atom. The Kier molecular flexibility index (Phi) is 6.40. The fourth-order valence-electron chi connectivity index (χ4n) is 0.846. The molecule has 0 spiro atoms. The molecule has 5 heteroatoms. The van der Waals surface area contributed by atoms with Gasteiger partial charge in [-0.2, -0.15) is 0 Å². The van der Waals surface area contributed by atoms with Crippen molar-refractivity contribution in [2.75, 3.05) is 0 Å². The van der Waals surface area contributed by atoms with Gasteiger partial charge in [-0.25, -0.2) is 4.79 Å². The van der Waals surface area contributed by atoms with E-state index in [-0.39, 0.29) is 52.8 Å². The van der Waals surface area contributed by atoms with E-state index in [1.807, 2.05) is 0 Å². The third kappa shape index (κ3) is 4.42. The minimum Gasteiger partial charge on any atom is -1.00 e. The van der Waals surface area contributed by atoms with E-state index in [9.17, 15) is 4.79 Å². The van der Waals surface area contributed by atoms with Crippen molar-refractivity contribution in [1.29, 1.82) is 0 Å². The summed E-state index contributed by atoms with van der Waals surface area (Å²) in [6.45, 7) is 2.94. The minimum atomic E-state index is -1.27. The van der Waals surface area contributed by atoms with Gasteiger partial charge in [-0.05, 0) is 26.0 Å². The topological polar surface area (TPSA) is 46.5 Å². The van der Waals surface area contributed by atoms with Crippen LogP contribution >= 0.6 is 11.6 Å². The molecule has 0 radical (unpaired) electrons. The van der Waals surface area contributed by atoms with Crippen LogP contribution in [0.15, 0.2) is 24.3 Å². The molecule has 0 saturated carbocycles. The largest absolute Gasteiger partial charge is 1.00 e. The average Bonchev–Trinajstić information content (AvgIpc) is 2.08. The molecule has 0 aliphatic rings. The van der Waals surface area contributed by atoms with Crippen molar-refractivity contribution < 1.29 is 67.4 Å². The Hall–Kier alpha value is 0.416. The summed E-state index contributed by atoms with van der Waals surface area (Å²) in [6.07, 6.45) is 0. The van der Waals surface area contributed by atoms with Gasteiger partial charge in [-0.1, -0.05) is 23.7 Å². The minimum absolute atomic E-state index is 0. The van der Waals surface area contributed by atoms with Crippen LogP contribution in [0.3, 0.4) is 0 Å². The van der Waals surface area contributed by atoms with Gasteiger partial charge in [0.15, 0.2) is 5.60 Å². The fraction of sp³-hybridized carbons (Fsp3) is 0.300. The molecule has 0 heterocycles. The van der Waals surface area contributed by atoms with Crippen molar-refractivity contribution in [2.24, 2.45) is 0 Å². The number of benzene rings is 1. The summed E-state index contributed by atoms with van der Waals surface area (Å²) in [5.41, 5.74) is -1.27. The number of carboxylic acid groups (broad SMARTS) is 1. The molecule has 1 aromatic rings. The van der Waals surface area contributed by atoms with Gasteiger partial charge in [0.05, 0.1) is 5.02 Å². The number of aliphatic carboxylic acids is 1. The molecule has 0 aromatic heterocycles. The van der Waals surface area contributed by atoms with E-state index in [1.165, 1.54) is 13.8 Å². The Balaban J connectivity index is 0. The first-order chi connectivity index (χ1) is 6.43. The Morgan fingerprint density at radius 1 is 1.47 bits per heavy atom. The molecule has 0 aliphatic carbocycles. The van der Waals surface area contributed by atoms with Gasteiger partial charge in [0.25, 0.3) is 0 Å². The average molecular weight is 255 g/mol. The molecule has 0 aliphatic heterocycles. The molecular weight excluding hydrogens is 243 g/mol. The van der Waals surface area contributed by atoms with Crippen LogP contribution in [-0.2, 0) is 4.79 Å². The number of halogens is 1. The monoisotopic (exact) mass is 254 g/mol. The molecule has 1 aromatic carbocycles. The predicted molar refractivity (Wildman–Crippen MR) is 54.9 cm³/mol. The molecule has 1 rings (SSSR count). The molecule has 3 nitrogen and oxygen atoms in total. The van der Waals surface area contributed by atoms with Crippen molar-refractivity contribution in [2.45, 2.75) is 19.4 Å². The van der Waals surface area contributed by atoms with E-state index in [2.05, 4.69) is 0 Å². The number of hydrogen-bond donors (Lipinski definition) is 1. The molecule has 78 valence electrons. The van der Waals surface area contributed by atoms with E-state index in [0.717, 1.165) is 0 Å². The van der Waals surface area contributed by atoms with Crippen LogP contribution < -0.4 is 56.1 Å². The van der Waals surface area contributed by atoms with Gasteiger partial charge in [-0.15, -0.1) is 0 Å². The summed E-state index contributed by atoms with van der Waals surface area (Å²) in [7, 11) is 0. The molecule has 15 heavy (non-hydrogen) atoms. The molecule has 0 amide bonds. The summed E-state index contributed by atoms with van der Waals surface area (Å²) in [4.78, 5) is 10.8. The number of ether oxygens (including phenoxy) is 1. The van der Waals surface area contributed by atoms with Crippen LogP contribution in [0.1, 0.15) is 15.3 Å². The standard InChI is InChI=1S/C10H11ClO3.K.H/c1-10(2,9(12)13)14-8-6-4-3-5-7(8)11;;/h3-6H,1-2H3,(H,12,13);;/q;+1;-1. The summed E-state index contributed by atoms with van der Waals surface area (Å²) >= 11 is 5.82. The summed E-state index contributed by atoms with van der Waals surface area (Å²) in [6, 6.07) is 6.77. The molecule has 1 N–H and O–H groups in total. The number of hydrogen-bond acceptors (Lipinski definition) is 2. The zero-order valence-electron chi connectivity index (χ0n) is 9.95. The second-order valence-electron chi connectivity index (χ2n) is 3.35. The Morgan fingerprint density at radius 3 is 2.47 bits per heavy atom. The number of carboxylic acids is 1. The van der Waals surface area contributed by atoms with Crippen molar-refractivity contribution in [1.82, 2.24) is 0 Å². The normalized spacial score (nSPS) is 10.3. The van der Waals surface area contributed by atoms with E-state index in [1.54, 1.807) is 24.3 Å². The summed E-state index contributed by atoms with van der Waals surface area (Å²) in [5, 5.41) is 9.23. The molecule has 0 saturated heterocycles. The fourth-order valence-corrected chi connectivity index (χ4v) is 1.02. The first kappa shape index (κ1) is 15.4. The summed E-state index contributed by atoms with van der Waals surface area (Å²) < 4.78 is 5.26. The van der Waals surface area contributed by atoms with Gasteiger partial charge in [0.2, 0.25) is 0 Å². The SMILES string of the molecule is CC(C)(Oc1ccccc1Cl)C(=O)O.[H-].[K+]. The molecular formula is C10H12ClKO3. The summed E-state index contributed by atoms with van der Waals surface area (Å²) in [5.74, 6) is -0.654. The van der Waals surface area contributed by atoms with Gasteiger partial charge in [0.1, 0.15) is 5.75 Å². The van der Waals surface area contributed by atoms with Gasteiger partial charge < -0.3 is 11.3 Å². The zero-order chi connectivity index (χ0) is 10.8. The maximum Gasteiger partial charge on any atom is 1.00 e. The van der Waals surface area contributed by atoms with Crippen molar-refractivity contribution in [3.8, 4) is 5.75 Å². The van der Waals surface area contributed by atoms with E-state index < -0.39 is 11.6 Å². The predicted octanol–water partition coefficient (Wildman–Crippen LogP) is -0.302. The van der Waals surface area contributed by atoms with Gasteiger partial charge >= 0.3 is 57.4 Å². The molecule has 0 unspecified atom stereocenters. The second-order valence-corrected chi connectivity index (χ2v) is 3.76. The van der Waals surface area contributed by atoms with Crippen LogP contribution in [0.4, 0.5) is 0 Å². The van der Waals surface area contributed by atoms with Crippen LogP contribution in [0.25, 0.3) is 0 Å². The molecule has 0 atom stereocenters. The van der Waals surface area contributed by atoms with Crippen LogP contribution in [0.2, 0.25) is 5.02 Å². The van der Waals surface area contributed by atoms with Crippen molar-refractivity contribution >= 4 is 17.6 Å². The zero-order valence-corrected chi connectivity index (χ0v) is 12.8. The second kappa shape index (κ2) is 6.23. The van der Waals surface area contributed by atoms with E-state index in [4.69, 9.17) is 21.4 Å². The third-order valence-electron chi connectivity index (χ3n) is 1.72. The molecule has 0 fully saturated rings. The maximum atomic E-state index is 10.8. The first-order valence-corrected chi connectivity index (χ1v) is 4.48. The van der Waals surface area contributed by atoms with Crippen LogP contribution in [0, 0.1) is 0 Å². The maximum absolute atomic E-state index is 10.8. The Labute approximate surface area is 138 Å². The number of rotatable bonds is 3. The van der Waals surface area contributed by atoms with E-state index in [0.29, 0.717) is 10.8 Å². The third-order valence-corrected chi connectivity index (χ3v) is 2.03. The Bertz CT molecular complexity index is 358. The smallest absolute Gasteiger partial charge is 1.00 e. The number of para-hydroxylation sites is 1. The van der Waals surface area contributed by atoms with Gasteiger partial charge in [0, 0.05) is 0 Å². The van der Waals surface area contributed by atoms with Gasteiger partial charge in [-0.3, -0.25) is 0 Å². The van der Waals surface area contributed by atoms with Crippen molar-refractivity contribution in [3.05, 3.63) is 29.3 Å². The van der Waals surface area contributed by atoms with Crippen LogP contribution in [0.5, 0.6) is 5.75 Å². The number of carbonyl (C=O) groups is 1. The van der Waals surface area contributed by atoms with E-state index >= 15 is 0 Å².